The van der Waals surface area contributed by atoms with E-state index in [0.29, 0.717) is 5.75 Å². The van der Waals surface area contributed by atoms with Crippen LogP contribution >= 0.6 is 0 Å². The SMILES string of the molecule is C#CC(C)c1ccc(-c2ccc(OC(N)=O)cc2)cc1OC. The summed E-state index contributed by atoms with van der Waals surface area (Å²) in [5.74, 6) is 3.84. The van der Waals surface area contributed by atoms with Crippen molar-refractivity contribution in [3.63, 3.8) is 0 Å². The molecule has 2 aromatic rings. The third-order valence-corrected chi connectivity index (χ3v) is 3.36. The summed E-state index contributed by atoms with van der Waals surface area (Å²) in [6, 6.07) is 12.9. The highest BCUT2D eigenvalue weighted by atomic mass is 16.5. The van der Waals surface area contributed by atoms with Crippen molar-refractivity contribution in [3.05, 3.63) is 48.0 Å². The number of hydrogen-bond acceptors (Lipinski definition) is 3. The fourth-order valence-electron chi connectivity index (χ4n) is 2.17. The number of ether oxygens (including phenoxy) is 2. The molecule has 0 saturated heterocycles. The largest absolute Gasteiger partial charge is 0.496 e. The maximum atomic E-state index is 10.7. The molecule has 2 aromatic carbocycles. The molecule has 112 valence electrons. The van der Waals surface area contributed by atoms with E-state index in [1.807, 2.05) is 37.3 Å². The van der Waals surface area contributed by atoms with E-state index in [-0.39, 0.29) is 5.92 Å². The first-order chi connectivity index (χ1) is 10.5. The number of carbonyl (C=O) groups is 1. The highest BCUT2D eigenvalue weighted by Crippen LogP contribution is 2.32. The Morgan fingerprint density at radius 2 is 1.82 bits per heavy atom. The molecule has 0 bridgehead atoms. The van der Waals surface area contributed by atoms with E-state index >= 15 is 0 Å². The van der Waals surface area contributed by atoms with Crippen molar-refractivity contribution in [3.8, 4) is 35.0 Å². The zero-order chi connectivity index (χ0) is 16.1. The van der Waals surface area contributed by atoms with Crippen LogP contribution in [0.4, 0.5) is 4.79 Å². The zero-order valence-electron chi connectivity index (χ0n) is 12.5. The molecule has 0 spiro atoms. The average Bonchev–Trinajstić information content (AvgIpc) is 2.53. The number of primary amides is 1. The van der Waals surface area contributed by atoms with Crippen LogP contribution in [0.3, 0.4) is 0 Å². The van der Waals surface area contributed by atoms with E-state index in [9.17, 15) is 4.79 Å². The van der Waals surface area contributed by atoms with Crippen LogP contribution in [0.25, 0.3) is 11.1 Å². The van der Waals surface area contributed by atoms with E-state index in [1.54, 1.807) is 19.2 Å². The molecular weight excluding hydrogens is 278 g/mol. The second-order valence-electron chi connectivity index (χ2n) is 4.79. The van der Waals surface area contributed by atoms with Gasteiger partial charge in [-0.15, -0.1) is 6.42 Å². The van der Waals surface area contributed by atoms with Crippen molar-refractivity contribution in [2.45, 2.75) is 12.8 Å². The molecule has 0 aliphatic heterocycles. The molecule has 0 saturated carbocycles. The van der Waals surface area contributed by atoms with E-state index in [0.717, 1.165) is 22.4 Å². The van der Waals surface area contributed by atoms with Gasteiger partial charge in [-0.2, -0.15) is 0 Å². The van der Waals surface area contributed by atoms with Crippen LogP contribution in [0.15, 0.2) is 42.5 Å². The summed E-state index contributed by atoms with van der Waals surface area (Å²) in [5, 5.41) is 0. The van der Waals surface area contributed by atoms with Crippen molar-refractivity contribution in [2.75, 3.05) is 7.11 Å². The molecule has 0 fully saturated rings. The minimum atomic E-state index is -0.831. The summed E-state index contributed by atoms with van der Waals surface area (Å²) in [5.41, 5.74) is 7.90. The number of hydrogen-bond donors (Lipinski definition) is 1. The first kappa shape index (κ1) is 15.5. The highest BCUT2D eigenvalue weighted by Gasteiger charge is 2.11. The molecule has 22 heavy (non-hydrogen) atoms. The van der Waals surface area contributed by atoms with Gasteiger partial charge in [0.05, 0.1) is 7.11 Å². The third-order valence-electron chi connectivity index (χ3n) is 3.36. The maximum absolute atomic E-state index is 10.7. The van der Waals surface area contributed by atoms with E-state index in [4.69, 9.17) is 21.6 Å². The Kier molecular flexibility index (Phi) is 4.70. The van der Waals surface area contributed by atoms with E-state index in [2.05, 4.69) is 5.92 Å². The highest BCUT2D eigenvalue weighted by molar-refractivity contribution is 5.70. The van der Waals surface area contributed by atoms with Gasteiger partial charge < -0.3 is 15.2 Å². The topological polar surface area (TPSA) is 61.5 Å². The molecule has 1 amide bonds. The normalized spacial score (nSPS) is 11.3. The fourth-order valence-corrected chi connectivity index (χ4v) is 2.17. The van der Waals surface area contributed by atoms with Gasteiger partial charge in [-0.05, 0) is 36.2 Å². The van der Waals surface area contributed by atoms with Gasteiger partial charge in [-0.3, -0.25) is 0 Å². The summed E-state index contributed by atoms with van der Waals surface area (Å²) >= 11 is 0. The minimum absolute atomic E-state index is 0.0182. The minimum Gasteiger partial charge on any atom is -0.496 e. The molecule has 0 radical (unpaired) electrons. The third kappa shape index (κ3) is 3.39. The van der Waals surface area contributed by atoms with E-state index in [1.165, 1.54) is 0 Å². The molecule has 0 aliphatic carbocycles. The number of rotatable bonds is 4. The lowest BCUT2D eigenvalue weighted by Crippen LogP contribution is -2.16. The van der Waals surface area contributed by atoms with Gasteiger partial charge >= 0.3 is 6.09 Å². The maximum Gasteiger partial charge on any atom is 0.409 e. The predicted molar refractivity (Wildman–Crippen MR) is 85.9 cm³/mol. The van der Waals surface area contributed by atoms with Crippen molar-refractivity contribution in [1.82, 2.24) is 0 Å². The smallest absolute Gasteiger partial charge is 0.409 e. The second kappa shape index (κ2) is 6.68. The Hall–Kier alpha value is -2.93. The van der Waals surface area contributed by atoms with Crippen molar-refractivity contribution < 1.29 is 14.3 Å². The van der Waals surface area contributed by atoms with Crippen molar-refractivity contribution in [1.29, 1.82) is 0 Å². The van der Waals surface area contributed by atoms with Gasteiger partial charge in [-0.1, -0.05) is 30.2 Å². The molecular formula is C18H17NO3. The first-order valence-corrected chi connectivity index (χ1v) is 6.77. The number of amides is 1. The monoisotopic (exact) mass is 295 g/mol. The molecule has 2 rings (SSSR count). The van der Waals surface area contributed by atoms with Gasteiger partial charge in [0.15, 0.2) is 0 Å². The number of benzene rings is 2. The summed E-state index contributed by atoms with van der Waals surface area (Å²) in [6.45, 7) is 1.95. The van der Waals surface area contributed by atoms with Gasteiger partial charge in [0, 0.05) is 11.5 Å². The lowest BCUT2D eigenvalue weighted by Gasteiger charge is -2.13. The van der Waals surface area contributed by atoms with Crippen LogP contribution in [-0.4, -0.2) is 13.2 Å². The Bertz CT molecular complexity index is 714. The molecule has 0 heterocycles. The number of nitrogens with two attached hydrogens (primary N) is 1. The molecule has 1 unspecified atom stereocenters. The summed E-state index contributed by atoms with van der Waals surface area (Å²) in [7, 11) is 1.62. The lowest BCUT2D eigenvalue weighted by molar-refractivity contribution is 0.211. The first-order valence-electron chi connectivity index (χ1n) is 6.77. The Morgan fingerprint density at radius 1 is 1.18 bits per heavy atom. The Balaban J connectivity index is 2.33. The van der Waals surface area contributed by atoms with Crippen LogP contribution in [0.5, 0.6) is 11.5 Å². The van der Waals surface area contributed by atoms with Crippen LogP contribution in [0.2, 0.25) is 0 Å². The van der Waals surface area contributed by atoms with Gasteiger partial charge in [0.25, 0.3) is 0 Å². The molecule has 1 atom stereocenters. The number of methoxy groups -OCH3 is 1. The standard InChI is InChI=1S/C18H17NO3/c1-4-12(2)16-10-7-14(11-17(16)21-3)13-5-8-15(9-6-13)22-18(19)20/h1,5-12H,2-3H3,(H2,19,20). The molecule has 2 N–H and O–H groups in total. The van der Waals surface area contributed by atoms with Gasteiger partial charge in [-0.25, -0.2) is 4.79 Å². The van der Waals surface area contributed by atoms with Crippen molar-refractivity contribution >= 4 is 6.09 Å². The second-order valence-corrected chi connectivity index (χ2v) is 4.79. The predicted octanol–water partition coefficient (Wildman–Crippen LogP) is 3.56. The Labute approximate surface area is 129 Å². The van der Waals surface area contributed by atoms with Gasteiger partial charge in [0.2, 0.25) is 0 Å². The summed E-state index contributed by atoms with van der Waals surface area (Å²) in [6.07, 6.45) is 4.64. The van der Waals surface area contributed by atoms with Crippen molar-refractivity contribution in [2.24, 2.45) is 5.73 Å². The van der Waals surface area contributed by atoms with Crippen LogP contribution in [0.1, 0.15) is 18.4 Å². The summed E-state index contributed by atoms with van der Waals surface area (Å²) in [4.78, 5) is 10.7. The zero-order valence-corrected chi connectivity index (χ0v) is 12.5. The molecule has 4 heteroatoms. The fraction of sp³-hybridized carbons (Fsp3) is 0.167. The Morgan fingerprint density at radius 3 is 2.36 bits per heavy atom. The average molecular weight is 295 g/mol. The number of carbonyl (C=O) groups excluding carboxylic acids is 1. The van der Waals surface area contributed by atoms with Gasteiger partial charge in [0.1, 0.15) is 11.5 Å². The van der Waals surface area contributed by atoms with Crippen LogP contribution < -0.4 is 15.2 Å². The quantitative estimate of drug-likeness (QED) is 0.877. The van der Waals surface area contributed by atoms with E-state index < -0.39 is 6.09 Å². The van der Waals surface area contributed by atoms with Crippen LogP contribution in [0, 0.1) is 12.3 Å². The summed E-state index contributed by atoms with van der Waals surface area (Å²) < 4.78 is 10.2. The molecule has 4 nitrogen and oxygen atoms in total. The molecule has 0 aliphatic rings. The number of terminal acetylenes is 1. The van der Waals surface area contributed by atoms with Crippen LogP contribution in [-0.2, 0) is 0 Å². The lowest BCUT2D eigenvalue weighted by atomic mass is 9.97. The molecule has 0 aromatic heterocycles.